The van der Waals surface area contributed by atoms with Gasteiger partial charge in [0.1, 0.15) is 29.2 Å². The molecule has 0 radical (unpaired) electrons. The minimum Gasteiger partial charge on any atom is -0.444 e. The maximum atomic E-state index is 12.4. The molecule has 0 saturated carbocycles. The zero-order valence-electron chi connectivity index (χ0n) is 28.1. The number of carbonyl (C=O) groups is 1. The summed E-state index contributed by atoms with van der Waals surface area (Å²) in [5.41, 5.74) is 6.65. The van der Waals surface area contributed by atoms with Crippen LogP contribution in [0.2, 0.25) is 5.15 Å². The monoisotopic (exact) mass is 668 g/mol. The summed E-state index contributed by atoms with van der Waals surface area (Å²) in [4.78, 5) is 36.4. The number of fused-ring (bicyclic) bond motifs is 2. The molecule has 5 heterocycles. The van der Waals surface area contributed by atoms with Gasteiger partial charge in [-0.1, -0.05) is 72.3 Å². The number of hydrogen-bond donors (Lipinski definition) is 1. The van der Waals surface area contributed by atoms with Crippen molar-refractivity contribution >= 4 is 23.5 Å². The van der Waals surface area contributed by atoms with Crippen molar-refractivity contribution in [3.8, 4) is 0 Å². The smallest absolute Gasteiger partial charge is 0.410 e. The zero-order valence-corrected chi connectivity index (χ0v) is 28.9. The molecule has 252 valence electrons. The summed E-state index contributed by atoms with van der Waals surface area (Å²) < 4.78 is 5.51. The lowest BCUT2D eigenvalue weighted by atomic mass is 10.0. The van der Waals surface area contributed by atoms with Gasteiger partial charge in [0, 0.05) is 82.4 Å². The Bertz CT molecular complexity index is 1670. The van der Waals surface area contributed by atoms with Gasteiger partial charge in [-0.3, -0.25) is 9.80 Å². The fourth-order valence-corrected chi connectivity index (χ4v) is 6.61. The van der Waals surface area contributed by atoms with E-state index in [-0.39, 0.29) is 12.1 Å². The van der Waals surface area contributed by atoms with Crippen LogP contribution in [-0.4, -0.2) is 78.6 Å². The lowest BCUT2D eigenvalue weighted by molar-refractivity contribution is 0.0293. The Kier molecular flexibility index (Phi) is 10.8. The van der Waals surface area contributed by atoms with E-state index in [4.69, 9.17) is 16.3 Å². The van der Waals surface area contributed by atoms with Crippen LogP contribution in [0.1, 0.15) is 60.8 Å². The molecular formula is C37H45ClN8O2. The van der Waals surface area contributed by atoms with Gasteiger partial charge in [-0.05, 0) is 38.3 Å². The van der Waals surface area contributed by atoms with Gasteiger partial charge >= 0.3 is 6.09 Å². The minimum atomic E-state index is -0.476. The second-order valence-corrected chi connectivity index (χ2v) is 14.0. The molecule has 10 nitrogen and oxygen atoms in total. The molecule has 2 aromatic heterocycles. The molecule has 0 unspecified atom stereocenters. The molecule has 48 heavy (non-hydrogen) atoms. The zero-order chi connectivity index (χ0) is 33.5. The van der Waals surface area contributed by atoms with E-state index in [2.05, 4.69) is 83.6 Å². The van der Waals surface area contributed by atoms with Crippen molar-refractivity contribution in [3.05, 3.63) is 112 Å². The molecule has 7 rings (SSSR count). The summed E-state index contributed by atoms with van der Waals surface area (Å²) in [7, 11) is 0. The van der Waals surface area contributed by atoms with Crippen LogP contribution < -0.4 is 5.32 Å². The molecule has 0 aliphatic carbocycles. The number of benzene rings is 2. The van der Waals surface area contributed by atoms with Gasteiger partial charge in [0.25, 0.3) is 0 Å². The first-order chi connectivity index (χ1) is 23.2. The van der Waals surface area contributed by atoms with Gasteiger partial charge in [-0.25, -0.2) is 24.7 Å². The number of amides is 1. The summed E-state index contributed by atoms with van der Waals surface area (Å²) in [5, 5.41) is 4.17. The number of carbonyl (C=O) groups excluding carboxylic acids is 1. The quantitative estimate of drug-likeness (QED) is 0.243. The van der Waals surface area contributed by atoms with Gasteiger partial charge in [0.2, 0.25) is 0 Å². The average Bonchev–Trinajstić information content (AvgIpc) is 3.55. The minimum absolute atomic E-state index is 0.168. The molecule has 0 bridgehead atoms. The number of ether oxygens (including phenoxy) is 1. The molecule has 3 aliphatic rings. The Balaban J connectivity index is 0.000000189. The number of hydrogen-bond acceptors (Lipinski definition) is 9. The first-order valence-electron chi connectivity index (χ1n) is 16.8. The van der Waals surface area contributed by atoms with Crippen molar-refractivity contribution in [3.63, 3.8) is 0 Å². The molecule has 0 spiro atoms. The number of likely N-dealkylation sites (tertiary alicyclic amines) is 1. The van der Waals surface area contributed by atoms with Gasteiger partial charge in [-0.15, -0.1) is 0 Å². The summed E-state index contributed by atoms with van der Waals surface area (Å²) in [6.07, 6.45) is 5.71. The van der Waals surface area contributed by atoms with Crippen LogP contribution in [0, 0.1) is 0 Å². The third-order valence-electron chi connectivity index (χ3n) is 8.79. The van der Waals surface area contributed by atoms with E-state index in [1.807, 2.05) is 32.9 Å². The van der Waals surface area contributed by atoms with Crippen molar-refractivity contribution in [2.24, 2.45) is 0 Å². The van der Waals surface area contributed by atoms with E-state index in [1.54, 1.807) is 17.6 Å². The van der Waals surface area contributed by atoms with Crippen LogP contribution in [0.5, 0.6) is 0 Å². The number of rotatable bonds is 6. The molecule has 3 aliphatic heterocycles. The number of halogens is 1. The molecule has 1 atom stereocenters. The number of nitrogens with one attached hydrogen (secondary N) is 1. The van der Waals surface area contributed by atoms with Crippen LogP contribution in [0.4, 0.5) is 10.6 Å². The second kappa shape index (κ2) is 15.4. The van der Waals surface area contributed by atoms with Crippen LogP contribution >= 0.6 is 11.6 Å². The van der Waals surface area contributed by atoms with E-state index < -0.39 is 5.60 Å². The van der Waals surface area contributed by atoms with Crippen LogP contribution in [-0.2, 0) is 43.8 Å². The summed E-state index contributed by atoms with van der Waals surface area (Å²) in [5.74, 6) is 0.897. The molecule has 1 N–H and O–H groups in total. The lowest BCUT2D eigenvalue weighted by Crippen LogP contribution is -2.37. The highest BCUT2D eigenvalue weighted by atomic mass is 35.5. The average molecular weight is 669 g/mol. The topological polar surface area (TPSA) is 99.6 Å². The number of anilines is 1. The van der Waals surface area contributed by atoms with E-state index >= 15 is 0 Å². The predicted molar refractivity (Wildman–Crippen MR) is 187 cm³/mol. The van der Waals surface area contributed by atoms with Crippen molar-refractivity contribution in [2.75, 3.05) is 31.5 Å². The highest BCUT2D eigenvalue weighted by Crippen LogP contribution is 2.27. The standard InChI is InChI=1S/C23H31N5O2.C14H14ClN3/c1-23(2,3)30-22(29)28-12-9-18(14-28)26-21-19-15-27(11-10-20(19)24-16-25-21)13-17-7-5-4-6-8-17;15-14-12-9-18(7-6-13(12)16-10-17-14)8-11-4-2-1-3-5-11/h4-8,16,18H,9-15H2,1-3H3,(H,24,25,26);1-5,10H,6-9H2/t18-;/m0./s1. The number of nitrogens with zero attached hydrogens (tertiary/aromatic N) is 7. The molecule has 1 fully saturated rings. The molecule has 2 aromatic carbocycles. The molecule has 4 aromatic rings. The summed E-state index contributed by atoms with van der Waals surface area (Å²) in [6.45, 7) is 12.6. The molecule has 1 amide bonds. The van der Waals surface area contributed by atoms with Crippen molar-refractivity contribution in [1.29, 1.82) is 0 Å². The highest BCUT2D eigenvalue weighted by Gasteiger charge is 2.31. The fraction of sp³-hybridized carbons (Fsp3) is 0.432. The van der Waals surface area contributed by atoms with Gasteiger partial charge in [0.05, 0.1) is 11.4 Å². The molecule has 1 saturated heterocycles. The Morgan fingerprint density at radius 3 is 1.98 bits per heavy atom. The normalized spacial score (nSPS) is 17.9. The fourth-order valence-electron chi connectivity index (χ4n) is 6.40. The van der Waals surface area contributed by atoms with E-state index in [0.717, 1.165) is 81.3 Å². The molecule has 11 heteroatoms. The predicted octanol–water partition coefficient (Wildman–Crippen LogP) is 6.14. The van der Waals surface area contributed by atoms with E-state index in [0.29, 0.717) is 18.2 Å². The SMILES string of the molecule is CC(C)(C)OC(=O)N1CC[C@H](Nc2ncnc3c2CN(Cc2ccccc2)CC3)C1.Clc1ncnc2c1CN(Cc1ccccc1)CC2. The van der Waals surface area contributed by atoms with Gasteiger partial charge in [0.15, 0.2) is 0 Å². The Hall–Kier alpha value is -4.12. The summed E-state index contributed by atoms with van der Waals surface area (Å²) >= 11 is 6.13. The number of aromatic nitrogens is 4. The largest absolute Gasteiger partial charge is 0.444 e. The lowest BCUT2D eigenvalue weighted by Gasteiger charge is -2.30. The van der Waals surface area contributed by atoms with Crippen LogP contribution in [0.3, 0.4) is 0 Å². The van der Waals surface area contributed by atoms with Crippen LogP contribution in [0.25, 0.3) is 0 Å². The first-order valence-corrected chi connectivity index (χ1v) is 17.2. The maximum Gasteiger partial charge on any atom is 0.410 e. The third kappa shape index (κ3) is 9.06. The Morgan fingerprint density at radius 2 is 1.38 bits per heavy atom. The first kappa shape index (κ1) is 33.8. The van der Waals surface area contributed by atoms with Crippen molar-refractivity contribution < 1.29 is 9.53 Å². The van der Waals surface area contributed by atoms with E-state index in [1.165, 1.54) is 16.7 Å². The van der Waals surface area contributed by atoms with Crippen molar-refractivity contribution in [1.82, 2.24) is 34.6 Å². The second-order valence-electron chi connectivity index (χ2n) is 13.7. The van der Waals surface area contributed by atoms with Gasteiger partial charge in [-0.2, -0.15) is 0 Å². The van der Waals surface area contributed by atoms with Gasteiger partial charge < -0.3 is 15.0 Å². The van der Waals surface area contributed by atoms with Crippen molar-refractivity contribution in [2.45, 2.75) is 77.9 Å². The Labute approximate surface area is 288 Å². The molecular weight excluding hydrogens is 624 g/mol. The van der Waals surface area contributed by atoms with E-state index in [9.17, 15) is 4.79 Å². The Morgan fingerprint density at radius 1 is 0.812 bits per heavy atom. The highest BCUT2D eigenvalue weighted by molar-refractivity contribution is 6.30. The summed E-state index contributed by atoms with van der Waals surface area (Å²) in [6, 6.07) is 21.2. The maximum absolute atomic E-state index is 12.4. The van der Waals surface area contributed by atoms with Crippen LogP contribution in [0.15, 0.2) is 73.3 Å². The third-order valence-corrected chi connectivity index (χ3v) is 9.11.